The Morgan fingerprint density at radius 1 is 0.889 bits per heavy atom. The zero-order valence-corrected chi connectivity index (χ0v) is 20.4. The summed E-state index contributed by atoms with van der Waals surface area (Å²) in [6.45, 7) is 2.77. The number of amides is 1. The highest BCUT2D eigenvalue weighted by atomic mass is 32.2. The summed E-state index contributed by atoms with van der Waals surface area (Å²) < 4.78 is 43.0. The Kier molecular flexibility index (Phi) is 7.99. The van der Waals surface area contributed by atoms with E-state index in [1.807, 2.05) is 30.3 Å². The van der Waals surface area contributed by atoms with Crippen molar-refractivity contribution in [1.82, 2.24) is 4.31 Å². The molecule has 1 aliphatic rings. The lowest BCUT2D eigenvalue weighted by Gasteiger charge is -2.26. The van der Waals surface area contributed by atoms with Crippen LogP contribution < -0.4 is 10.1 Å². The van der Waals surface area contributed by atoms with Crippen LogP contribution in [0.4, 0.5) is 5.69 Å². The summed E-state index contributed by atoms with van der Waals surface area (Å²) in [4.78, 5) is 25.1. The van der Waals surface area contributed by atoms with Gasteiger partial charge in [-0.25, -0.2) is 13.2 Å². The van der Waals surface area contributed by atoms with Gasteiger partial charge < -0.3 is 19.5 Å². The Labute approximate surface area is 209 Å². The smallest absolute Gasteiger partial charge is 0.338 e. The Hall–Kier alpha value is -3.73. The first-order chi connectivity index (χ1) is 17.3. The summed E-state index contributed by atoms with van der Waals surface area (Å²) in [6.07, 6.45) is -1.07. The number of ether oxygens (including phenoxy) is 3. The number of sulfonamides is 1. The normalized spacial score (nSPS) is 15.0. The molecule has 0 radical (unpaired) electrons. The lowest BCUT2D eigenvalue weighted by Crippen LogP contribution is -2.40. The maximum atomic E-state index is 12.7. The van der Waals surface area contributed by atoms with E-state index in [0.717, 1.165) is 0 Å². The highest BCUT2D eigenvalue weighted by Gasteiger charge is 2.26. The van der Waals surface area contributed by atoms with Gasteiger partial charge in [-0.1, -0.05) is 18.2 Å². The molecule has 0 unspecified atom stereocenters. The molecule has 188 valence electrons. The van der Waals surface area contributed by atoms with Crippen molar-refractivity contribution < 1.29 is 32.2 Å². The minimum absolute atomic E-state index is 0.126. The van der Waals surface area contributed by atoms with Crippen LogP contribution in [-0.4, -0.2) is 57.0 Å². The van der Waals surface area contributed by atoms with Crippen LogP contribution in [0.15, 0.2) is 83.8 Å². The molecule has 1 saturated heterocycles. The maximum absolute atomic E-state index is 12.7. The number of para-hydroxylation sites is 1. The van der Waals surface area contributed by atoms with E-state index < -0.39 is 28.0 Å². The molecule has 9 nitrogen and oxygen atoms in total. The van der Waals surface area contributed by atoms with Gasteiger partial charge >= 0.3 is 5.97 Å². The van der Waals surface area contributed by atoms with Gasteiger partial charge in [0.05, 0.1) is 23.7 Å². The SMILES string of the molecule is C[C@H](OC(=O)c1ccc(Oc2ccccc2)cc1)C(=O)Nc1ccc(S(=O)(=O)N2CCOCC2)cc1. The van der Waals surface area contributed by atoms with Crippen LogP contribution in [0.5, 0.6) is 11.5 Å². The van der Waals surface area contributed by atoms with E-state index in [2.05, 4.69) is 5.32 Å². The second-order valence-corrected chi connectivity index (χ2v) is 9.96. The average Bonchev–Trinajstić information content (AvgIpc) is 2.90. The quantitative estimate of drug-likeness (QED) is 0.460. The third-order valence-electron chi connectivity index (χ3n) is 5.45. The van der Waals surface area contributed by atoms with Crippen molar-refractivity contribution >= 4 is 27.6 Å². The Morgan fingerprint density at radius 2 is 1.50 bits per heavy atom. The maximum Gasteiger partial charge on any atom is 0.338 e. The van der Waals surface area contributed by atoms with Gasteiger partial charge in [0.25, 0.3) is 5.91 Å². The van der Waals surface area contributed by atoms with E-state index in [-0.39, 0.29) is 10.5 Å². The summed E-state index contributed by atoms with van der Waals surface area (Å²) >= 11 is 0. The largest absolute Gasteiger partial charge is 0.457 e. The molecule has 3 aromatic carbocycles. The fraction of sp³-hybridized carbons (Fsp3) is 0.231. The van der Waals surface area contributed by atoms with Gasteiger partial charge in [-0.05, 0) is 67.6 Å². The third kappa shape index (κ3) is 6.28. The lowest BCUT2D eigenvalue weighted by atomic mass is 10.2. The molecule has 1 atom stereocenters. The third-order valence-corrected chi connectivity index (χ3v) is 7.36. The predicted octanol–water partition coefficient (Wildman–Crippen LogP) is 3.68. The number of carbonyl (C=O) groups excluding carboxylic acids is 2. The van der Waals surface area contributed by atoms with Gasteiger partial charge in [0.2, 0.25) is 10.0 Å². The summed E-state index contributed by atoms with van der Waals surface area (Å²) in [6, 6.07) is 21.5. The monoisotopic (exact) mass is 510 g/mol. The standard InChI is InChI=1S/C26H26N2O7S/c1-19(34-26(30)20-7-11-23(12-8-20)35-22-5-3-2-4-6-22)25(29)27-21-9-13-24(14-10-21)36(31,32)28-15-17-33-18-16-28/h2-14,19H,15-18H2,1H3,(H,27,29)/t19-/m0/s1. The second kappa shape index (κ2) is 11.3. The summed E-state index contributed by atoms with van der Waals surface area (Å²) in [7, 11) is -3.63. The zero-order valence-electron chi connectivity index (χ0n) is 19.6. The number of hydrogen-bond acceptors (Lipinski definition) is 7. The summed E-state index contributed by atoms with van der Waals surface area (Å²) in [5.74, 6) is 0.0273. The van der Waals surface area contributed by atoms with E-state index in [0.29, 0.717) is 43.5 Å². The first kappa shape index (κ1) is 25.4. The molecule has 3 aromatic rings. The fourth-order valence-electron chi connectivity index (χ4n) is 3.46. The van der Waals surface area contributed by atoms with Gasteiger partial charge in [-0.3, -0.25) is 4.79 Å². The van der Waals surface area contributed by atoms with Gasteiger partial charge in [0, 0.05) is 18.8 Å². The first-order valence-corrected chi connectivity index (χ1v) is 12.8. The number of carbonyl (C=O) groups is 2. The predicted molar refractivity (Wildman–Crippen MR) is 132 cm³/mol. The molecule has 1 fully saturated rings. The van der Waals surface area contributed by atoms with Crippen LogP contribution in [0, 0.1) is 0 Å². The molecular formula is C26H26N2O7S. The van der Waals surface area contributed by atoms with Crippen molar-refractivity contribution in [2.24, 2.45) is 0 Å². The van der Waals surface area contributed by atoms with Crippen molar-refractivity contribution in [3.8, 4) is 11.5 Å². The molecule has 0 saturated carbocycles. The number of benzene rings is 3. The van der Waals surface area contributed by atoms with Gasteiger partial charge in [0.15, 0.2) is 6.10 Å². The van der Waals surface area contributed by atoms with Gasteiger partial charge in [-0.15, -0.1) is 0 Å². The van der Waals surface area contributed by atoms with Crippen LogP contribution in [-0.2, 0) is 24.3 Å². The number of rotatable bonds is 8. The van der Waals surface area contributed by atoms with Gasteiger partial charge in [0.1, 0.15) is 11.5 Å². The fourth-order valence-corrected chi connectivity index (χ4v) is 4.86. The Balaban J connectivity index is 1.31. The number of morpholine rings is 1. The number of anilines is 1. The molecule has 1 N–H and O–H groups in total. The minimum Gasteiger partial charge on any atom is -0.457 e. The molecule has 0 aromatic heterocycles. The highest BCUT2D eigenvalue weighted by molar-refractivity contribution is 7.89. The van der Waals surface area contributed by atoms with Crippen LogP contribution in [0.3, 0.4) is 0 Å². The number of nitrogens with zero attached hydrogens (tertiary/aromatic N) is 1. The van der Waals surface area contributed by atoms with E-state index in [1.165, 1.54) is 35.5 Å². The highest BCUT2D eigenvalue weighted by Crippen LogP contribution is 2.22. The van der Waals surface area contributed by atoms with Crippen molar-refractivity contribution in [2.75, 3.05) is 31.6 Å². The topological polar surface area (TPSA) is 111 Å². The molecule has 1 heterocycles. The number of hydrogen-bond donors (Lipinski definition) is 1. The van der Waals surface area contributed by atoms with Crippen molar-refractivity contribution in [3.05, 3.63) is 84.4 Å². The van der Waals surface area contributed by atoms with E-state index in [4.69, 9.17) is 14.2 Å². The number of esters is 1. The van der Waals surface area contributed by atoms with Crippen LogP contribution >= 0.6 is 0 Å². The Bertz CT molecular complexity index is 1290. The number of nitrogens with one attached hydrogen (secondary N) is 1. The van der Waals surface area contributed by atoms with E-state index >= 15 is 0 Å². The van der Waals surface area contributed by atoms with E-state index in [1.54, 1.807) is 24.3 Å². The summed E-state index contributed by atoms with van der Waals surface area (Å²) in [5.41, 5.74) is 0.652. The first-order valence-electron chi connectivity index (χ1n) is 11.4. The minimum atomic E-state index is -3.63. The molecule has 10 heteroatoms. The molecule has 0 spiro atoms. The van der Waals surface area contributed by atoms with E-state index in [9.17, 15) is 18.0 Å². The molecule has 1 amide bonds. The van der Waals surface area contributed by atoms with Crippen LogP contribution in [0.1, 0.15) is 17.3 Å². The summed E-state index contributed by atoms with van der Waals surface area (Å²) in [5, 5.41) is 2.63. The molecule has 1 aliphatic heterocycles. The molecule has 4 rings (SSSR count). The van der Waals surface area contributed by atoms with Crippen LogP contribution in [0.2, 0.25) is 0 Å². The van der Waals surface area contributed by atoms with Crippen molar-refractivity contribution in [2.45, 2.75) is 17.9 Å². The zero-order chi connectivity index (χ0) is 25.5. The molecule has 0 bridgehead atoms. The van der Waals surface area contributed by atoms with Gasteiger partial charge in [-0.2, -0.15) is 4.31 Å². The molecule has 0 aliphatic carbocycles. The van der Waals surface area contributed by atoms with Crippen molar-refractivity contribution in [1.29, 1.82) is 0 Å². The van der Waals surface area contributed by atoms with Crippen molar-refractivity contribution in [3.63, 3.8) is 0 Å². The average molecular weight is 511 g/mol. The second-order valence-electron chi connectivity index (χ2n) is 8.02. The molecular weight excluding hydrogens is 484 g/mol. The Morgan fingerprint density at radius 3 is 2.14 bits per heavy atom. The lowest BCUT2D eigenvalue weighted by molar-refractivity contribution is -0.123. The molecule has 36 heavy (non-hydrogen) atoms. The van der Waals surface area contributed by atoms with Crippen LogP contribution in [0.25, 0.3) is 0 Å².